The number of aliphatic hydroxyl groups is 1. The zero-order chi connectivity index (χ0) is 11.0. The van der Waals surface area contributed by atoms with E-state index in [4.69, 9.17) is 10.2 Å². The molecular weight excluding hydrogens is 200 g/mol. The monoisotopic (exact) mass is 206 g/mol. The molecule has 0 saturated carbocycles. The van der Waals surface area contributed by atoms with E-state index < -0.39 is 11.4 Å². The van der Waals surface area contributed by atoms with E-state index in [2.05, 4.69) is 4.98 Å². The van der Waals surface area contributed by atoms with Gasteiger partial charge in [0.2, 0.25) is 5.43 Å². The summed E-state index contributed by atoms with van der Waals surface area (Å²) >= 11 is 0. The Kier molecular flexibility index (Phi) is 1.89. The molecular formula is C9H6N2O4. The molecule has 2 rings (SSSR count). The van der Waals surface area contributed by atoms with E-state index in [0.717, 1.165) is 10.5 Å². The molecule has 0 atom stereocenters. The lowest BCUT2D eigenvalue weighted by Gasteiger charge is -1.98. The summed E-state index contributed by atoms with van der Waals surface area (Å²) in [4.78, 5) is 26.1. The molecule has 0 fully saturated rings. The number of carboxylic acid groups (broad SMARTS) is 1. The van der Waals surface area contributed by atoms with Crippen LogP contribution in [0.2, 0.25) is 0 Å². The van der Waals surface area contributed by atoms with Crippen LogP contribution in [0, 0.1) is 0 Å². The predicted octanol–water partition coefficient (Wildman–Crippen LogP) is -0.592. The summed E-state index contributed by atoms with van der Waals surface area (Å²) in [5.41, 5.74) is -0.648. The van der Waals surface area contributed by atoms with Gasteiger partial charge in [0, 0.05) is 12.4 Å². The van der Waals surface area contributed by atoms with E-state index >= 15 is 0 Å². The van der Waals surface area contributed by atoms with Crippen LogP contribution in [0.3, 0.4) is 0 Å². The molecule has 0 spiro atoms. The Morgan fingerprint density at radius 2 is 2.27 bits per heavy atom. The van der Waals surface area contributed by atoms with E-state index in [0.29, 0.717) is 6.26 Å². The van der Waals surface area contributed by atoms with Crippen LogP contribution >= 0.6 is 0 Å². The second-order valence-electron chi connectivity index (χ2n) is 2.87. The molecule has 15 heavy (non-hydrogen) atoms. The summed E-state index contributed by atoms with van der Waals surface area (Å²) < 4.78 is 1.16. The van der Waals surface area contributed by atoms with Gasteiger partial charge in [0.25, 0.3) is 0 Å². The number of aliphatic hydroxyl groups excluding tert-OH is 1. The lowest BCUT2D eigenvalue weighted by atomic mass is 10.3. The number of pyridine rings is 1. The van der Waals surface area contributed by atoms with Crippen LogP contribution in [0.25, 0.3) is 11.9 Å². The van der Waals surface area contributed by atoms with Crippen molar-refractivity contribution >= 4 is 17.9 Å². The summed E-state index contributed by atoms with van der Waals surface area (Å²) in [5.74, 6) is -1.19. The third kappa shape index (κ3) is 1.23. The van der Waals surface area contributed by atoms with Gasteiger partial charge < -0.3 is 10.2 Å². The van der Waals surface area contributed by atoms with Gasteiger partial charge in [-0.2, -0.15) is 0 Å². The number of carboxylic acids is 1. The maximum atomic E-state index is 11.5. The summed E-state index contributed by atoms with van der Waals surface area (Å²) in [7, 11) is 0. The van der Waals surface area contributed by atoms with Crippen LogP contribution in [-0.4, -0.2) is 25.6 Å². The maximum absolute atomic E-state index is 11.5. The number of fused-ring (bicyclic) bond motifs is 1. The van der Waals surface area contributed by atoms with Gasteiger partial charge in [0.15, 0.2) is 5.65 Å². The average molecular weight is 206 g/mol. The Bertz CT molecular complexity index is 644. The van der Waals surface area contributed by atoms with Gasteiger partial charge >= 0.3 is 5.97 Å². The van der Waals surface area contributed by atoms with Crippen molar-refractivity contribution in [2.45, 2.75) is 0 Å². The molecule has 0 bridgehead atoms. The van der Waals surface area contributed by atoms with Gasteiger partial charge in [-0.3, -0.25) is 9.20 Å². The van der Waals surface area contributed by atoms with E-state index in [1.54, 1.807) is 0 Å². The van der Waals surface area contributed by atoms with Gasteiger partial charge in [-0.15, -0.1) is 0 Å². The fourth-order valence-electron chi connectivity index (χ4n) is 1.34. The molecule has 2 heterocycles. The minimum Gasteiger partial charge on any atom is -0.515 e. The number of imidazole rings is 1. The SMILES string of the molecule is O=C(O)c1c/c(=C\O)c(=O)c2nccn12. The fraction of sp³-hybridized carbons (Fsp3) is 0. The quantitative estimate of drug-likeness (QED) is 0.650. The van der Waals surface area contributed by atoms with Crippen molar-refractivity contribution in [1.29, 1.82) is 0 Å². The van der Waals surface area contributed by atoms with Crippen molar-refractivity contribution < 1.29 is 15.0 Å². The Balaban J connectivity index is 3.06. The van der Waals surface area contributed by atoms with Crippen molar-refractivity contribution in [3.63, 3.8) is 0 Å². The molecule has 2 N–H and O–H groups in total. The molecule has 0 saturated heterocycles. The van der Waals surface area contributed by atoms with E-state index in [1.807, 2.05) is 0 Å². The Labute approximate surface area is 82.7 Å². The number of aromatic carboxylic acids is 1. The molecule has 0 aliphatic heterocycles. The normalized spacial score (nSPS) is 12.1. The molecule has 0 radical (unpaired) electrons. The van der Waals surface area contributed by atoms with E-state index in [-0.39, 0.29) is 16.6 Å². The molecule has 76 valence electrons. The first-order chi connectivity index (χ1) is 7.15. The molecule has 0 aliphatic carbocycles. The minimum atomic E-state index is -1.19. The summed E-state index contributed by atoms with van der Waals surface area (Å²) in [6.45, 7) is 0. The predicted molar refractivity (Wildman–Crippen MR) is 50.7 cm³/mol. The largest absolute Gasteiger partial charge is 0.515 e. The van der Waals surface area contributed by atoms with Crippen LogP contribution in [0.5, 0.6) is 0 Å². The van der Waals surface area contributed by atoms with Crippen LogP contribution in [0.15, 0.2) is 23.3 Å². The third-order valence-electron chi connectivity index (χ3n) is 2.02. The molecule has 2 aromatic heterocycles. The van der Waals surface area contributed by atoms with E-state index in [1.165, 1.54) is 12.4 Å². The number of nitrogens with zero attached hydrogens (tertiary/aromatic N) is 2. The fourth-order valence-corrected chi connectivity index (χ4v) is 1.34. The van der Waals surface area contributed by atoms with Crippen molar-refractivity contribution in [2.75, 3.05) is 0 Å². The number of hydrogen-bond acceptors (Lipinski definition) is 4. The van der Waals surface area contributed by atoms with Crippen molar-refractivity contribution in [1.82, 2.24) is 9.38 Å². The maximum Gasteiger partial charge on any atom is 0.352 e. The lowest BCUT2D eigenvalue weighted by Crippen LogP contribution is -2.29. The highest BCUT2D eigenvalue weighted by molar-refractivity contribution is 5.86. The smallest absolute Gasteiger partial charge is 0.352 e. The van der Waals surface area contributed by atoms with Crippen molar-refractivity contribution in [3.05, 3.63) is 39.6 Å². The standard InChI is InChI=1S/C9H6N2O4/c12-4-5-3-6(9(14)15)11-2-1-10-8(11)7(5)13/h1-4,12H,(H,14,15)/b5-4+. The summed E-state index contributed by atoms with van der Waals surface area (Å²) in [5, 5.41) is 17.5. The number of aromatic nitrogens is 2. The topological polar surface area (TPSA) is 91.9 Å². The van der Waals surface area contributed by atoms with Gasteiger partial charge in [-0.25, -0.2) is 9.78 Å². The Hall–Kier alpha value is -2.37. The zero-order valence-electron chi connectivity index (χ0n) is 7.41. The number of hydrogen-bond donors (Lipinski definition) is 2. The first-order valence-corrected chi connectivity index (χ1v) is 4.03. The molecule has 0 aliphatic rings. The van der Waals surface area contributed by atoms with Crippen LogP contribution in [0.4, 0.5) is 0 Å². The van der Waals surface area contributed by atoms with Crippen LogP contribution in [0.1, 0.15) is 10.5 Å². The molecule has 0 unspecified atom stereocenters. The Morgan fingerprint density at radius 3 is 2.87 bits per heavy atom. The first kappa shape index (κ1) is 9.20. The second kappa shape index (κ2) is 3.09. The third-order valence-corrected chi connectivity index (χ3v) is 2.02. The molecule has 0 amide bonds. The van der Waals surface area contributed by atoms with Crippen LogP contribution < -0.4 is 10.6 Å². The highest BCUT2D eigenvalue weighted by Gasteiger charge is 2.11. The Morgan fingerprint density at radius 1 is 1.53 bits per heavy atom. The second-order valence-corrected chi connectivity index (χ2v) is 2.87. The number of carbonyl (C=O) groups is 1. The van der Waals surface area contributed by atoms with Crippen molar-refractivity contribution in [3.8, 4) is 0 Å². The zero-order valence-corrected chi connectivity index (χ0v) is 7.41. The lowest BCUT2D eigenvalue weighted by molar-refractivity contribution is 0.0688. The molecule has 2 aromatic rings. The van der Waals surface area contributed by atoms with Gasteiger partial charge in [-0.1, -0.05) is 0 Å². The van der Waals surface area contributed by atoms with Crippen LogP contribution in [-0.2, 0) is 0 Å². The van der Waals surface area contributed by atoms with Gasteiger partial charge in [-0.05, 0) is 6.07 Å². The van der Waals surface area contributed by atoms with Gasteiger partial charge in [0.1, 0.15) is 5.69 Å². The first-order valence-electron chi connectivity index (χ1n) is 4.03. The molecule has 6 nitrogen and oxygen atoms in total. The number of rotatable bonds is 1. The molecule has 0 aromatic carbocycles. The summed E-state index contributed by atoms with van der Waals surface area (Å²) in [6.07, 6.45) is 3.27. The molecule has 6 heteroatoms. The minimum absolute atomic E-state index is 0.0183. The summed E-state index contributed by atoms with van der Waals surface area (Å²) in [6, 6.07) is 1.10. The average Bonchev–Trinajstić information content (AvgIpc) is 2.67. The van der Waals surface area contributed by atoms with Gasteiger partial charge in [0.05, 0.1) is 11.5 Å². The highest BCUT2D eigenvalue weighted by atomic mass is 16.4. The van der Waals surface area contributed by atoms with E-state index in [9.17, 15) is 9.59 Å². The highest BCUT2D eigenvalue weighted by Crippen LogP contribution is 1.98. The van der Waals surface area contributed by atoms with Crippen molar-refractivity contribution in [2.24, 2.45) is 0 Å².